The molecule has 0 saturated heterocycles. The number of nitrogens with zero attached hydrogens (tertiary/aromatic N) is 6. The van der Waals surface area contributed by atoms with Gasteiger partial charge >= 0.3 is 0 Å². The molecule has 17 heavy (non-hydrogen) atoms. The Bertz CT molecular complexity index is 556. The molecule has 1 aliphatic heterocycles. The maximum absolute atomic E-state index is 13.6. The van der Waals surface area contributed by atoms with E-state index in [2.05, 4.69) is 20.2 Å². The lowest BCUT2D eigenvalue weighted by atomic mass is 10.3. The molecule has 0 atom stereocenters. The highest BCUT2D eigenvalue weighted by atomic mass is 35.5. The zero-order valence-corrected chi connectivity index (χ0v) is 9.47. The summed E-state index contributed by atoms with van der Waals surface area (Å²) < 4.78 is 15.5. The molecule has 0 bridgehead atoms. The number of hydrogen-bond donors (Lipinski definition) is 0. The van der Waals surface area contributed by atoms with Gasteiger partial charge in [-0.1, -0.05) is 0 Å². The summed E-state index contributed by atoms with van der Waals surface area (Å²) in [6, 6.07) is 0. The average Bonchev–Trinajstić information content (AvgIpc) is 2.79. The van der Waals surface area contributed by atoms with Gasteiger partial charge in [0.1, 0.15) is 6.33 Å². The number of hydrogen-bond acceptors (Lipinski definition) is 5. The highest BCUT2D eigenvalue weighted by Gasteiger charge is 2.21. The van der Waals surface area contributed by atoms with Crippen LogP contribution in [-0.4, -0.2) is 31.3 Å². The van der Waals surface area contributed by atoms with E-state index in [0.717, 1.165) is 12.0 Å². The van der Waals surface area contributed by atoms with E-state index in [1.807, 2.05) is 4.57 Å². The molecule has 0 N–H and O–H groups in total. The molecule has 88 valence electrons. The monoisotopic (exact) mass is 254 g/mol. The molecule has 0 radical (unpaired) electrons. The van der Waals surface area contributed by atoms with E-state index >= 15 is 0 Å². The molecule has 0 amide bonds. The summed E-state index contributed by atoms with van der Waals surface area (Å²) in [5.74, 6) is 0.506. The Morgan fingerprint density at radius 3 is 3.12 bits per heavy atom. The molecule has 8 heteroatoms. The van der Waals surface area contributed by atoms with Crippen molar-refractivity contribution in [2.24, 2.45) is 0 Å². The summed E-state index contributed by atoms with van der Waals surface area (Å²) in [5, 5.41) is 7.80. The third-order valence-corrected chi connectivity index (χ3v) is 2.82. The molecule has 1 aliphatic rings. The van der Waals surface area contributed by atoms with Crippen LogP contribution in [0.25, 0.3) is 0 Å². The number of halogens is 2. The van der Waals surface area contributed by atoms with E-state index < -0.39 is 5.82 Å². The second-order valence-electron chi connectivity index (χ2n) is 3.67. The third-order valence-electron chi connectivity index (χ3n) is 2.63. The van der Waals surface area contributed by atoms with Crippen molar-refractivity contribution in [3.63, 3.8) is 0 Å². The summed E-state index contributed by atoms with van der Waals surface area (Å²) in [5.41, 5.74) is 0. The Morgan fingerprint density at radius 2 is 2.24 bits per heavy atom. The van der Waals surface area contributed by atoms with Gasteiger partial charge in [0.25, 0.3) is 0 Å². The van der Waals surface area contributed by atoms with Gasteiger partial charge in [-0.2, -0.15) is 4.98 Å². The van der Waals surface area contributed by atoms with E-state index in [1.54, 1.807) is 11.2 Å². The third kappa shape index (κ3) is 1.82. The van der Waals surface area contributed by atoms with Crippen LogP contribution >= 0.6 is 11.6 Å². The first-order chi connectivity index (χ1) is 8.24. The summed E-state index contributed by atoms with van der Waals surface area (Å²) in [6.45, 7) is 1.79. The SMILES string of the molecule is Fc1cnc(Cl)nc1N1CCn2cnnc2C1. The molecule has 0 unspecified atom stereocenters. The van der Waals surface area contributed by atoms with Gasteiger partial charge in [-0.15, -0.1) is 10.2 Å². The summed E-state index contributed by atoms with van der Waals surface area (Å²) >= 11 is 5.67. The standard InChI is InChI=1S/C9H8ClFN6/c10-9-12-3-6(11)8(14-9)16-1-2-17-5-13-15-7(17)4-16/h3,5H,1-2,4H2. The Balaban J connectivity index is 1.94. The van der Waals surface area contributed by atoms with E-state index in [1.165, 1.54) is 0 Å². The van der Waals surface area contributed by atoms with Gasteiger partial charge in [-0.25, -0.2) is 9.37 Å². The van der Waals surface area contributed by atoms with Crippen molar-refractivity contribution in [3.8, 4) is 0 Å². The number of fused-ring (bicyclic) bond motifs is 1. The molecule has 2 aromatic rings. The molecule has 6 nitrogen and oxygen atoms in total. The van der Waals surface area contributed by atoms with Crippen LogP contribution in [0, 0.1) is 5.82 Å². The van der Waals surface area contributed by atoms with Crippen LogP contribution in [0.2, 0.25) is 5.28 Å². The number of anilines is 1. The van der Waals surface area contributed by atoms with Crippen molar-refractivity contribution in [3.05, 3.63) is 29.4 Å². The Labute approximate surface area is 101 Å². The van der Waals surface area contributed by atoms with Crippen molar-refractivity contribution in [1.82, 2.24) is 24.7 Å². The zero-order valence-electron chi connectivity index (χ0n) is 8.72. The molecule has 0 saturated carbocycles. The molecule has 0 spiro atoms. The second kappa shape index (κ2) is 3.92. The summed E-state index contributed by atoms with van der Waals surface area (Å²) in [4.78, 5) is 9.26. The molecule has 3 rings (SSSR count). The van der Waals surface area contributed by atoms with Crippen LogP contribution in [0.1, 0.15) is 5.82 Å². The van der Waals surface area contributed by atoms with E-state index in [4.69, 9.17) is 11.6 Å². The molecular weight excluding hydrogens is 247 g/mol. The zero-order chi connectivity index (χ0) is 11.8. The molecule has 0 fully saturated rings. The van der Waals surface area contributed by atoms with E-state index in [0.29, 0.717) is 19.6 Å². The van der Waals surface area contributed by atoms with Gasteiger partial charge in [0, 0.05) is 13.1 Å². The highest BCUT2D eigenvalue weighted by molar-refractivity contribution is 6.28. The van der Waals surface area contributed by atoms with Crippen LogP contribution < -0.4 is 4.90 Å². The first-order valence-corrected chi connectivity index (χ1v) is 5.41. The van der Waals surface area contributed by atoms with Gasteiger partial charge < -0.3 is 9.47 Å². The Morgan fingerprint density at radius 1 is 1.35 bits per heavy atom. The van der Waals surface area contributed by atoms with Gasteiger partial charge in [0.05, 0.1) is 12.7 Å². The topological polar surface area (TPSA) is 59.7 Å². The quantitative estimate of drug-likeness (QED) is 0.707. The minimum Gasteiger partial charge on any atom is -0.345 e. The lowest BCUT2D eigenvalue weighted by Crippen LogP contribution is -2.34. The van der Waals surface area contributed by atoms with Gasteiger partial charge in [-0.05, 0) is 11.6 Å². The van der Waals surface area contributed by atoms with Crippen molar-refractivity contribution >= 4 is 17.4 Å². The molecule has 2 aromatic heterocycles. The summed E-state index contributed by atoms with van der Waals surface area (Å²) in [6.07, 6.45) is 2.74. The van der Waals surface area contributed by atoms with Crippen LogP contribution in [0.15, 0.2) is 12.5 Å². The smallest absolute Gasteiger partial charge is 0.224 e. The normalized spacial score (nSPS) is 14.8. The van der Waals surface area contributed by atoms with Crippen LogP contribution in [0.3, 0.4) is 0 Å². The number of aromatic nitrogens is 5. The fourth-order valence-corrected chi connectivity index (χ4v) is 1.94. The van der Waals surface area contributed by atoms with Gasteiger partial charge in [0.2, 0.25) is 5.28 Å². The van der Waals surface area contributed by atoms with Crippen LogP contribution in [0.4, 0.5) is 10.2 Å². The molecule has 0 aliphatic carbocycles. The largest absolute Gasteiger partial charge is 0.345 e. The second-order valence-corrected chi connectivity index (χ2v) is 4.01. The Hall–Kier alpha value is -1.76. The number of rotatable bonds is 1. The fourth-order valence-electron chi connectivity index (χ4n) is 1.81. The average molecular weight is 255 g/mol. The minimum atomic E-state index is -0.484. The van der Waals surface area contributed by atoms with E-state index in [9.17, 15) is 4.39 Å². The molecule has 0 aromatic carbocycles. The maximum atomic E-state index is 13.6. The van der Waals surface area contributed by atoms with Crippen molar-refractivity contribution < 1.29 is 4.39 Å². The van der Waals surface area contributed by atoms with Crippen molar-refractivity contribution in [2.75, 3.05) is 11.4 Å². The summed E-state index contributed by atoms with van der Waals surface area (Å²) in [7, 11) is 0. The predicted molar refractivity (Wildman–Crippen MR) is 58.1 cm³/mol. The van der Waals surface area contributed by atoms with E-state index in [-0.39, 0.29) is 11.1 Å². The maximum Gasteiger partial charge on any atom is 0.224 e. The van der Waals surface area contributed by atoms with Crippen LogP contribution in [-0.2, 0) is 13.1 Å². The first-order valence-electron chi connectivity index (χ1n) is 5.04. The highest BCUT2D eigenvalue weighted by Crippen LogP contribution is 2.21. The predicted octanol–water partition coefficient (Wildman–Crippen LogP) is 0.881. The molecule has 3 heterocycles. The lowest BCUT2D eigenvalue weighted by Gasteiger charge is -2.27. The van der Waals surface area contributed by atoms with Crippen LogP contribution in [0.5, 0.6) is 0 Å². The van der Waals surface area contributed by atoms with Gasteiger partial charge in [-0.3, -0.25) is 0 Å². The lowest BCUT2D eigenvalue weighted by molar-refractivity contribution is 0.535. The Kier molecular flexibility index (Phi) is 2.40. The fraction of sp³-hybridized carbons (Fsp3) is 0.333. The van der Waals surface area contributed by atoms with Gasteiger partial charge in [0.15, 0.2) is 17.5 Å². The van der Waals surface area contributed by atoms with Crippen molar-refractivity contribution in [2.45, 2.75) is 13.1 Å². The molecular formula is C9H8ClFN6. The van der Waals surface area contributed by atoms with Crippen molar-refractivity contribution in [1.29, 1.82) is 0 Å². The first kappa shape index (κ1) is 10.4. The minimum absolute atomic E-state index is 0.0356.